The molecule has 1 rings (SSSR count). The fourth-order valence-corrected chi connectivity index (χ4v) is 4.74. The number of rotatable bonds is 21. The van der Waals surface area contributed by atoms with E-state index in [1.54, 1.807) is 11.8 Å². The van der Waals surface area contributed by atoms with Crippen LogP contribution in [0, 0.1) is 0 Å². The summed E-state index contributed by atoms with van der Waals surface area (Å²) in [5.74, 6) is 1.14. The Labute approximate surface area is 220 Å². The van der Waals surface area contributed by atoms with Gasteiger partial charge in [-0.1, -0.05) is 122 Å². The number of benzene rings is 1. The molecule has 34 heavy (non-hydrogen) atoms. The molecule has 0 saturated carbocycles. The molecule has 0 atom stereocenters. The van der Waals surface area contributed by atoms with Gasteiger partial charge in [-0.15, -0.1) is 0 Å². The molecule has 0 aliphatic rings. The lowest BCUT2D eigenvalue weighted by Crippen LogP contribution is -2.25. The largest absolute Gasteiger partial charge is 0.375 e. The molecule has 1 aromatic carbocycles. The lowest BCUT2D eigenvalue weighted by molar-refractivity contribution is -0.116. The maximum Gasteiger partial charge on any atom is 0.224 e. The zero-order valence-electron chi connectivity index (χ0n) is 22.2. The third kappa shape index (κ3) is 15.0. The summed E-state index contributed by atoms with van der Waals surface area (Å²) in [4.78, 5) is 13.3. The zero-order chi connectivity index (χ0) is 24.9. The molecule has 1 aromatic rings. The molecular weight excluding hydrogens is 456 g/mol. The molecule has 3 nitrogen and oxygen atoms in total. The highest BCUT2D eigenvalue weighted by Crippen LogP contribution is 2.20. The normalized spacial score (nSPS) is 10.9. The van der Waals surface area contributed by atoms with E-state index >= 15 is 0 Å². The van der Waals surface area contributed by atoms with E-state index in [0.717, 1.165) is 53.4 Å². The SMILES string of the molecule is CCCCCCCCCCCCCCCCC(=O)Nc1cc(C(=S)NCCSC)ccc1CC. The van der Waals surface area contributed by atoms with Crippen molar-refractivity contribution in [3.63, 3.8) is 0 Å². The molecule has 0 saturated heterocycles. The Kier molecular flexibility index (Phi) is 19.3. The molecule has 0 heterocycles. The second-order valence-corrected chi connectivity index (χ2v) is 10.8. The summed E-state index contributed by atoms with van der Waals surface area (Å²) in [6.07, 6.45) is 22.2. The van der Waals surface area contributed by atoms with Crippen molar-refractivity contribution in [1.82, 2.24) is 5.32 Å². The van der Waals surface area contributed by atoms with Crippen LogP contribution in [0.3, 0.4) is 0 Å². The summed E-state index contributed by atoms with van der Waals surface area (Å²) >= 11 is 7.32. The molecule has 0 radical (unpaired) electrons. The number of aryl methyl sites for hydroxylation is 1. The van der Waals surface area contributed by atoms with Gasteiger partial charge in [0, 0.05) is 30.0 Å². The van der Waals surface area contributed by atoms with Gasteiger partial charge in [-0.3, -0.25) is 4.79 Å². The third-order valence-electron chi connectivity index (χ3n) is 6.38. The van der Waals surface area contributed by atoms with Crippen LogP contribution in [-0.2, 0) is 11.2 Å². The number of thiocarbonyl (C=S) groups is 1. The van der Waals surface area contributed by atoms with Gasteiger partial charge in [0.2, 0.25) is 5.91 Å². The van der Waals surface area contributed by atoms with E-state index in [1.807, 2.05) is 6.07 Å². The molecular formula is C29H50N2OS2. The lowest BCUT2D eigenvalue weighted by atomic mass is 10.0. The Hall–Kier alpha value is -1.07. The molecule has 0 bridgehead atoms. The summed E-state index contributed by atoms with van der Waals surface area (Å²) in [6, 6.07) is 6.16. The summed E-state index contributed by atoms with van der Waals surface area (Å²) in [5, 5.41) is 6.44. The first-order valence-corrected chi connectivity index (χ1v) is 15.6. The van der Waals surface area contributed by atoms with Crippen molar-refractivity contribution in [1.29, 1.82) is 0 Å². The Balaban J connectivity index is 2.17. The van der Waals surface area contributed by atoms with E-state index in [2.05, 4.69) is 42.9 Å². The first kappa shape index (κ1) is 31.0. The smallest absolute Gasteiger partial charge is 0.224 e. The quantitative estimate of drug-likeness (QED) is 0.129. The van der Waals surface area contributed by atoms with Crippen molar-refractivity contribution in [2.75, 3.05) is 23.9 Å². The molecule has 1 amide bonds. The number of unbranched alkanes of at least 4 members (excludes halogenated alkanes) is 13. The fourth-order valence-electron chi connectivity index (χ4n) is 4.20. The average Bonchev–Trinajstić information content (AvgIpc) is 2.84. The number of thioether (sulfide) groups is 1. The van der Waals surface area contributed by atoms with Gasteiger partial charge >= 0.3 is 0 Å². The second kappa shape index (κ2) is 21.2. The topological polar surface area (TPSA) is 41.1 Å². The van der Waals surface area contributed by atoms with Gasteiger partial charge in [-0.25, -0.2) is 0 Å². The molecule has 2 N–H and O–H groups in total. The number of nitrogens with one attached hydrogen (secondary N) is 2. The molecule has 0 aromatic heterocycles. The molecule has 194 valence electrons. The summed E-state index contributed by atoms with van der Waals surface area (Å²) in [6.45, 7) is 5.25. The van der Waals surface area contributed by atoms with Crippen LogP contribution in [0.1, 0.15) is 121 Å². The van der Waals surface area contributed by atoms with Crippen molar-refractivity contribution in [2.45, 2.75) is 117 Å². The van der Waals surface area contributed by atoms with Gasteiger partial charge in [0.25, 0.3) is 0 Å². The van der Waals surface area contributed by atoms with Gasteiger partial charge in [-0.05, 0) is 30.7 Å². The Morgan fingerprint density at radius 3 is 1.94 bits per heavy atom. The number of carbonyl (C=O) groups is 1. The number of hydrogen-bond donors (Lipinski definition) is 2. The number of amides is 1. The standard InChI is InChI=1S/C29H50N2OS2/c1-4-6-7-8-9-10-11-12-13-14-15-16-17-18-19-28(32)31-27-24-26(21-20-25(27)5-2)29(33)30-22-23-34-3/h20-21,24H,4-19,22-23H2,1-3H3,(H,30,33)(H,31,32). The van der Waals surface area contributed by atoms with Crippen molar-refractivity contribution in [3.05, 3.63) is 29.3 Å². The first-order valence-electron chi connectivity index (χ1n) is 13.8. The molecule has 0 unspecified atom stereocenters. The highest BCUT2D eigenvalue weighted by Gasteiger charge is 2.09. The van der Waals surface area contributed by atoms with E-state index in [9.17, 15) is 4.79 Å². The van der Waals surface area contributed by atoms with E-state index in [0.29, 0.717) is 6.42 Å². The minimum absolute atomic E-state index is 0.118. The van der Waals surface area contributed by atoms with Crippen LogP contribution in [0.4, 0.5) is 5.69 Å². The summed E-state index contributed by atoms with van der Waals surface area (Å²) in [7, 11) is 0. The van der Waals surface area contributed by atoms with Crippen LogP contribution in [0.2, 0.25) is 0 Å². The van der Waals surface area contributed by atoms with Gasteiger partial charge in [0.05, 0.1) is 0 Å². The minimum atomic E-state index is 0.118. The van der Waals surface area contributed by atoms with Crippen LogP contribution in [0.15, 0.2) is 18.2 Å². The molecule has 5 heteroatoms. The van der Waals surface area contributed by atoms with Gasteiger partial charge < -0.3 is 10.6 Å². The minimum Gasteiger partial charge on any atom is -0.375 e. The molecule has 0 aliphatic carbocycles. The second-order valence-electron chi connectivity index (χ2n) is 9.37. The Morgan fingerprint density at radius 1 is 0.853 bits per heavy atom. The fraction of sp³-hybridized carbons (Fsp3) is 0.724. The molecule has 0 aliphatic heterocycles. The maximum absolute atomic E-state index is 12.5. The van der Waals surface area contributed by atoms with Crippen molar-refractivity contribution in [3.8, 4) is 0 Å². The highest BCUT2D eigenvalue weighted by atomic mass is 32.2. The maximum atomic E-state index is 12.5. The monoisotopic (exact) mass is 506 g/mol. The summed E-state index contributed by atoms with van der Waals surface area (Å²) < 4.78 is 0. The van der Waals surface area contributed by atoms with Crippen molar-refractivity contribution in [2.24, 2.45) is 0 Å². The van der Waals surface area contributed by atoms with Gasteiger partial charge in [-0.2, -0.15) is 11.8 Å². The number of anilines is 1. The first-order chi connectivity index (χ1) is 16.6. The Morgan fingerprint density at radius 2 is 1.41 bits per heavy atom. The highest BCUT2D eigenvalue weighted by molar-refractivity contribution is 7.98. The molecule has 0 spiro atoms. The van der Waals surface area contributed by atoms with Crippen LogP contribution < -0.4 is 10.6 Å². The van der Waals surface area contributed by atoms with E-state index in [1.165, 1.54) is 77.0 Å². The van der Waals surface area contributed by atoms with E-state index in [-0.39, 0.29) is 5.91 Å². The molecule has 0 fully saturated rings. The lowest BCUT2D eigenvalue weighted by Gasteiger charge is -2.14. The van der Waals surface area contributed by atoms with Crippen molar-refractivity contribution >= 4 is 40.6 Å². The van der Waals surface area contributed by atoms with Crippen LogP contribution in [-0.4, -0.2) is 29.4 Å². The van der Waals surface area contributed by atoms with Crippen LogP contribution in [0.25, 0.3) is 0 Å². The van der Waals surface area contributed by atoms with E-state index < -0.39 is 0 Å². The number of carbonyl (C=O) groups excluding carboxylic acids is 1. The van der Waals surface area contributed by atoms with Gasteiger partial charge in [0.1, 0.15) is 4.99 Å². The third-order valence-corrected chi connectivity index (χ3v) is 7.37. The Bertz CT molecular complexity index is 678. The number of hydrogen-bond acceptors (Lipinski definition) is 3. The predicted molar refractivity (Wildman–Crippen MR) is 157 cm³/mol. The van der Waals surface area contributed by atoms with E-state index in [4.69, 9.17) is 12.2 Å². The van der Waals surface area contributed by atoms with Crippen molar-refractivity contribution < 1.29 is 4.79 Å². The van der Waals surface area contributed by atoms with Crippen LogP contribution >= 0.6 is 24.0 Å². The van der Waals surface area contributed by atoms with Gasteiger partial charge in [0.15, 0.2) is 0 Å². The zero-order valence-corrected chi connectivity index (χ0v) is 23.8. The van der Waals surface area contributed by atoms with Crippen LogP contribution in [0.5, 0.6) is 0 Å². The predicted octanol–water partition coefficient (Wildman–Crippen LogP) is 8.69. The summed E-state index contributed by atoms with van der Waals surface area (Å²) in [5.41, 5.74) is 3.04. The average molecular weight is 507 g/mol.